The first kappa shape index (κ1) is 23.3. The van der Waals surface area contributed by atoms with Crippen LogP contribution in [-0.2, 0) is 15.0 Å². The van der Waals surface area contributed by atoms with Gasteiger partial charge in [0.15, 0.2) is 0 Å². The van der Waals surface area contributed by atoms with Gasteiger partial charge in [0.2, 0.25) is 5.91 Å². The second kappa shape index (κ2) is 8.46. The van der Waals surface area contributed by atoms with E-state index in [2.05, 4.69) is 21.9 Å². The lowest BCUT2D eigenvalue weighted by atomic mass is 9.56. The van der Waals surface area contributed by atoms with E-state index in [4.69, 9.17) is 23.2 Å². The first-order valence-electron chi connectivity index (χ1n) is 11.8. The number of carbonyl (C=O) groups is 2. The zero-order valence-corrected chi connectivity index (χ0v) is 20.9. The maximum absolute atomic E-state index is 14.7. The number of amides is 2. The molecule has 0 radical (unpaired) electrons. The molecule has 0 aromatic heterocycles. The number of amidine groups is 1. The van der Waals surface area contributed by atoms with Gasteiger partial charge in [-0.2, -0.15) is 5.10 Å². The first-order chi connectivity index (χ1) is 17.3. The smallest absolute Gasteiger partial charge is 0.259 e. The molecule has 2 aromatic rings. The predicted molar refractivity (Wildman–Crippen MR) is 137 cm³/mol. The van der Waals surface area contributed by atoms with Gasteiger partial charge in [-0.15, -0.1) is 0 Å². The number of rotatable bonds is 2. The zero-order valence-electron chi connectivity index (χ0n) is 19.4. The first-order valence-corrected chi connectivity index (χ1v) is 12.6. The fourth-order valence-corrected chi connectivity index (χ4v) is 6.82. The lowest BCUT2D eigenvalue weighted by Crippen LogP contribution is -2.63. The van der Waals surface area contributed by atoms with Crippen molar-refractivity contribution in [3.63, 3.8) is 0 Å². The normalized spacial score (nSPS) is 28.8. The van der Waals surface area contributed by atoms with Crippen LogP contribution in [0.2, 0.25) is 5.02 Å². The van der Waals surface area contributed by atoms with Gasteiger partial charge >= 0.3 is 0 Å². The Morgan fingerprint density at radius 2 is 1.97 bits per heavy atom. The number of hydrazone groups is 1. The van der Waals surface area contributed by atoms with Crippen LogP contribution in [0, 0.1) is 24.6 Å². The third kappa shape index (κ3) is 3.40. The molecule has 2 N–H and O–H groups in total. The number of fused-ring (bicyclic) bond motifs is 3. The van der Waals surface area contributed by atoms with Crippen LogP contribution >= 0.6 is 23.2 Å². The Morgan fingerprint density at radius 3 is 2.78 bits per heavy atom. The Hall–Kier alpha value is -3.16. The number of nitrogens with one attached hydrogen (secondary N) is 2. The quantitative estimate of drug-likeness (QED) is 0.568. The molecule has 1 spiro atoms. The monoisotopic (exact) mass is 524 g/mol. The zero-order chi connectivity index (χ0) is 25.2. The summed E-state index contributed by atoms with van der Waals surface area (Å²) in [4.78, 5) is 28.7. The van der Waals surface area contributed by atoms with Crippen molar-refractivity contribution in [2.75, 3.05) is 11.9 Å². The van der Waals surface area contributed by atoms with Crippen LogP contribution in [0.4, 0.5) is 10.1 Å². The Labute approximate surface area is 217 Å². The van der Waals surface area contributed by atoms with Crippen molar-refractivity contribution in [3.05, 3.63) is 87.2 Å². The van der Waals surface area contributed by atoms with E-state index >= 15 is 0 Å². The molecule has 36 heavy (non-hydrogen) atoms. The van der Waals surface area contributed by atoms with Gasteiger partial charge in [-0.25, -0.2) is 9.82 Å². The van der Waals surface area contributed by atoms with Crippen molar-refractivity contribution in [1.29, 1.82) is 0 Å². The molecule has 6 nitrogen and oxygen atoms in total. The lowest BCUT2D eigenvalue weighted by Gasteiger charge is -2.55. The molecule has 0 bridgehead atoms. The number of hydrogen-bond donors (Lipinski definition) is 2. The molecule has 1 aliphatic carbocycles. The second-order valence-electron chi connectivity index (χ2n) is 9.78. The number of benzene rings is 2. The highest BCUT2D eigenvalue weighted by atomic mass is 35.5. The standard InChI is InChI=1S/C27H23Cl2FN4O2/c1-14-5-7-18(30)11-19(14)25-27(20-8-6-17(29)10-22(20)31-26(27)36)21(15-3-2-4-16(28)9-15)12-23-32-33-24(35)13-34(23)25/h2-8,10-11,15,21,25H,9,12-13H2,1H3,(H,31,36)(H,33,35)/t15?,21-,25+,27-/m0/s1. The molecule has 1 fully saturated rings. The highest BCUT2D eigenvalue weighted by Gasteiger charge is 2.64. The topological polar surface area (TPSA) is 73.8 Å². The number of carbonyl (C=O) groups excluding carboxylic acids is 2. The maximum Gasteiger partial charge on any atom is 0.259 e. The van der Waals surface area contributed by atoms with Gasteiger partial charge in [-0.3, -0.25) is 9.59 Å². The van der Waals surface area contributed by atoms with Crippen LogP contribution in [0.5, 0.6) is 0 Å². The summed E-state index contributed by atoms with van der Waals surface area (Å²) >= 11 is 12.8. The number of allylic oxidation sites excluding steroid dienone is 4. The minimum Gasteiger partial charge on any atom is -0.341 e. The maximum atomic E-state index is 14.7. The molecular formula is C27H23Cl2FN4O2. The molecule has 6 rings (SSSR count). The highest BCUT2D eigenvalue weighted by Crippen LogP contribution is 2.60. The van der Waals surface area contributed by atoms with E-state index in [1.54, 1.807) is 18.2 Å². The van der Waals surface area contributed by atoms with Gasteiger partial charge < -0.3 is 10.2 Å². The molecule has 0 saturated carbocycles. The molecule has 3 heterocycles. The molecule has 4 atom stereocenters. The van der Waals surface area contributed by atoms with Crippen LogP contribution in [0.1, 0.15) is 35.6 Å². The number of anilines is 1. The third-order valence-electron chi connectivity index (χ3n) is 7.86. The van der Waals surface area contributed by atoms with Crippen LogP contribution in [-0.4, -0.2) is 29.1 Å². The summed E-state index contributed by atoms with van der Waals surface area (Å²) in [5.41, 5.74) is 4.30. The summed E-state index contributed by atoms with van der Waals surface area (Å²) < 4.78 is 14.7. The molecule has 9 heteroatoms. The SMILES string of the molecule is Cc1ccc(F)cc1[C@H]1N2CC(=O)NN=C2C[C@@H](C2C=CC=C(Cl)C2)[C@]12C(=O)Nc1cc(Cl)ccc12. The summed E-state index contributed by atoms with van der Waals surface area (Å²) in [5, 5.41) is 8.66. The van der Waals surface area contributed by atoms with Crippen molar-refractivity contribution in [3.8, 4) is 0 Å². The van der Waals surface area contributed by atoms with Gasteiger partial charge in [0.1, 0.15) is 23.6 Å². The van der Waals surface area contributed by atoms with Gasteiger partial charge in [0, 0.05) is 22.2 Å². The molecule has 2 aromatic carbocycles. The second-order valence-corrected chi connectivity index (χ2v) is 10.7. The van der Waals surface area contributed by atoms with Gasteiger partial charge in [0.25, 0.3) is 5.91 Å². The molecule has 2 amide bonds. The number of aryl methyl sites for hydroxylation is 1. The van der Waals surface area contributed by atoms with Crippen molar-refractivity contribution < 1.29 is 14.0 Å². The van der Waals surface area contributed by atoms with E-state index < -0.39 is 17.3 Å². The van der Waals surface area contributed by atoms with Gasteiger partial charge in [-0.1, -0.05) is 47.5 Å². The van der Waals surface area contributed by atoms with Crippen molar-refractivity contribution in [2.45, 2.75) is 31.2 Å². The summed E-state index contributed by atoms with van der Waals surface area (Å²) in [6.07, 6.45) is 6.84. The molecule has 3 aliphatic heterocycles. The Balaban J connectivity index is 1.67. The number of nitrogens with zero attached hydrogens (tertiary/aromatic N) is 2. The molecule has 4 aliphatic rings. The van der Waals surface area contributed by atoms with E-state index in [1.807, 2.05) is 30.0 Å². The number of piperidine rings is 1. The minimum atomic E-state index is -1.15. The highest BCUT2D eigenvalue weighted by molar-refractivity contribution is 6.31. The summed E-state index contributed by atoms with van der Waals surface area (Å²) in [6, 6.07) is 9.28. The Kier molecular flexibility index (Phi) is 5.46. The van der Waals surface area contributed by atoms with Gasteiger partial charge in [0.05, 0.1) is 6.04 Å². The minimum absolute atomic E-state index is 0.00525. The van der Waals surface area contributed by atoms with Gasteiger partial charge in [-0.05, 0) is 72.2 Å². The van der Waals surface area contributed by atoms with Crippen LogP contribution in [0.3, 0.4) is 0 Å². The Morgan fingerprint density at radius 1 is 1.14 bits per heavy atom. The molecule has 184 valence electrons. The third-order valence-corrected chi connectivity index (χ3v) is 8.37. The van der Waals surface area contributed by atoms with Crippen LogP contribution < -0.4 is 10.7 Å². The number of halogens is 3. The summed E-state index contributed by atoms with van der Waals surface area (Å²) in [7, 11) is 0. The molecular weight excluding hydrogens is 502 g/mol. The number of hydrogen-bond acceptors (Lipinski definition) is 4. The summed E-state index contributed by atoms with van der Waals surface area (Å²) in [6.45, 7) is 1.90. The fraction of sp³-hybridized carbons (Fsp3) is 0.296. The van der Waals surface area contributed by atoms with Crippen molar-refractivity contribution >= 4 is 46.5 Å². The van der Waals surface area contributed by atoms with Crippen molar-refractivity contribution in [2.24, 2.45) is 16.9 Å². The van der Waals surface area contributed by atoms with Crippen LogP contribution in [0.25, 0.3) is 0 Å². The van der Waals surface area contributed by atoms with E-state index in [-0.39, 0.29) is 30.2 Å². The van der Waals surface area contributed by atoms with E-state index in [0.717, 1.165) is 11.1 Å². The predicted octanol–water partition coefficient (Wildman–Crippen LogP) is 5.18. The summed E-state index contributed by atoms with van der Waals surface area (Å²) in [5.74, 6) is -0.614. The van der Waals surface area contributed by atoms with E-state index in [9.17, 15) is 14.0 Å². The van der Waals surface area contributed by atoms with E-state index in [0.29, 0.717) is 40.0 Å². The Bertz CT molecular complexity index is 1400. The molecule has 1 saturated heterocycles. The largest absolute Gasteiger partial charge is 0.341 e. The van der Waals surface area contributed by atoms with Crippen LogP contribution in [0.15, 0.2) is 64.8 Å². The average Bonchev–Trinajstić information content (AvgIpc) is 3.11. The lowest BCUT2D eigenvalue weighted by molar-refractivity contribution is -0.131. The van der Waals surface area contributed by atoms with E-state index in [1.165, 1.54) is 12.1 Å². The average molecular weight is 525 g/mol. The fourth-order valence-electron chi connectivity index (χ4n) is 6.40. The van der Waals surface area contributed by atoms with Crippen molar-refractivity contribution in [1.82, 2.24) is 10.3 Å². The molecule has 1 unspecified atom stereocenters.